The van der Waals surface area contributed by atoms with Crippen molar-refractivity contribution in [3.8, 4) is 0 Å². The fraction of sp³-hybridized carbons (Fsp3) is 0.462. The first-order valence-electron chi connectivity index (χ1n) is 5.79. The molecular formula is C13H19ClN2OS. The summed E-state index contributed by atoms with van der Waals surface area (Å²) in [5, 5.41) is 3.96. The van der Waals surface area contributed by atoms with Crippen LogP contribution in [0.2, 0.25) is 5.02 Å². The van der Waals surface area contributed by atoms with Crippen LogP contribution >= 0.6 is 23.4 Å². The van der Waals surface area contributed by atoms with Crippen LogP contribution in [0.1, 0.15) is 20.3 Å². The van der Waals surface area contributed by atoms with Gasteiger partial charge < -0.3 is 11.1 Å². The van der Waals surface area contributed by atoms with Gasteiger partial charge in [-0.25, -0.2) is 0 Å². The number of benzene rings is 1. The first-order valence-corrected chi connectivity index (χ1v) is 7.05. The molecule has 2 atom stereocenters. The number of carbonyl (C=O) groups excluding carboxylic acids is 1. The number of carbonyl (C=O) groups is 1. The molecule has 0 radical (unpaired) electrons. The second-order valence-electron chi connectivity index (χ2n) is 4.51. The third kappa shape index (κ3) is 3.90. The number of likely N-dealkylation sites (N-methyl/N-ethyl adjacent to an activating group) is 1. The highest BCUT2D eigenvalue weighted by molar-refractivity contribution is 8.00. The van der Waals surface area contributed by atoms with E-state index in [0.29, 0.717) is 6.42 Å². The van der Waals surface area contributed by atoms with E-state index < -0.39 is 5.54 Å². The lowest BCUT2D eigenvalue weighted by atomic mass is 9.95. The van der Waals surface area contributed by atoms with Gasteiger partial charge in [0, 0.05) is 10.1 Å². The maximum Gasteiger partial charge on any atom is 0.237 e. The Morgan fingerprint density at radius 1 is 1.56 bits per heavy atom. The van der Waals surface area contributed by atoms with Crippen molar-refractivity contribution in [2.24, 2.45) is 5.73 Å². The lowest BCUT2D eigenvalue weighted by Gasteiger charge is -2.28. The highest BCUT2D eigenvalue weighted by Gasteiger charge is 2.31. The van der Waals surface area contributed by atoms with Gasteiger partial charge in [0.25, 0.3) is 0 Å². The molecule has 0 fully saturated rings. The van der Waals surface area contributed by atoms with Crippen LogP contribution in [0.5, 0.6) is 0 Å². The van der Waals surface area contributed by atoms with E-state index >= 15 is 0 Å². The van der Waals surface area contributed by atoms with E-state index in [2.05, 4.69) is 12.2 Å². The van der Waals surface area contributed by atoms with Crippen molar-refractivity contribution < 1.29 is 4.79 Å². The van der Waals surface area contributed by atoms with Gasteiger partial charge in [-0.15, -0.1) is 11.8 Å². The SMILES string of the molecule is CNC(C)(CC(C)Sc1ccccc1Cl)C(N)=O. The summed E-state index contributed by atoms with van der Waals surface area (Å²) in [4.78, 5) is 12.5. The molecule has 0 aliphatic rings. The van der Waals surface area contributed by atoms with E-state index in [1.807, 2.05) is 31.2 Å². The zero-order valence-electron chi connectivity index (χ0n) is 10.9. The summed E-state index contributed by atoms with van der Waals surface area (Å²) in [5.41, 5.74) is 4.73. The van der Waals surface area contributed by atoms with Gasteiger partial charge in [-0.2, -0.15) is 0 Å². The lowest BCUT2D eigenvalue weighted by Crippen LogP contribution is -2.52. The topological polar surface area (TPSA) is 55.1 Å². The van der Waals surface area contributed by atoms with Gasteiger partial charge in [-0.1, -0.05) is 30.7 Å². The minimum atomic E-state index is -0.687. The lowest BCUT2D eigenvalue weighted by molar-refractivity contribution is -0.123. The Bertz CT molecular complexity index is 427. The number of nitrogens with two attached hydrogens (primary N) is 1. The zero-order chi connectivity index (χ0) is 13.8. The second-order valence-corrected chi connectivity index (χ2v) is 6.40. The predicted octanol–water partition coefficient (Wildman–Crippen LogP) is 2.67. The molecule has 0 spiro atoms. The second kappa shape index (κ2) is 6.45. The molecule has 0 saturated carbocycles. The highest BCUT2D eigenvalue weighted by Crippen LogP contribution is 2.33. The zero-order valence-corrected chi connectivity index (χ0v) is 12.4. The Morgan fingerprint density at radius 2 is 2.17 bits per heavy atom. The molecule has 0 aromatic heterocycles. The Morgan fingerprint density at radius 3 is 2.67 bits per heavy atom. The average molecular weight is 287 g/mol. The summed E-state index contributed by atoms with van der Waals surface area (Å²) in [7, 11) is 1.75. The van der Waals surface area contributed by atoms with Crippen LogP contribution in [-0.4, -0.2) is 23.7 Å². The molecular weight excluding hydrogens is 268 g/mol. The minimum Gasteiger partial charge on any atom is -0.368 e. The van der Waals surface area contributed by atoms with Crippen LogP contribution in [0.15, 0.2) is 29.2 Å². The monoisotopic (exact) mass is 286 g/mol. The summed E-state index contributed by atoms with van der Waals surface area (Å²) < 4.78 is 0. The van der Waals surface area contributed by atoms with Crippen molar-refractivity contribution in [2.75, 3.05) is 7.05 Å². The number of hydrogen-bond donors (Lipinski definition) is 2. The van der Waals surface area contributed by atoms with Crippen molar-refractivity contribution in [3.63, 3.8) is 0 Å². The fourth-order valence-corrected chi connectivity index (χ4v) is 3.16. The molecule has 1 rings (SSSR count). The molecule has 0 heterocycles. The molecule has 2 unspecified atom stereocenters. The molecule has 0 bridgehead atoms. The van der Waals surface area contributed by atoms with Crippen LogP contribution in [0.25, 0.3) is 0 Å². The Balaban J connectivity index is 2.70. The van der Waals surface area contributed by atoms with Crippen molar-refractivity contribution in [3.05, 3.63) is 29.3 Å². The van der Waals surface area contributed by atoms with Crippen molar-refractivity contribution in [1.82, 2.24) is 5.32 Å². The largest absolute Gasteiger partial charge is 0.368 e. The van der Waals surface area contributed by atoms with E-state index in [1.54, 1.807) is 18.8 Å². The molecule has 18 heavy (non-hydrogen) atoms. The third-order valence-corrected chi connectivity index (χ3v) is 4.58. The maximum atomic E-state index is 11.4. The van der Waals surface area contributed by atoms with E-state index in [0.717, 1.165) is 9.92 Å². The van der Waals surface area contributed by atoms with E-state index in [9.17, 15) is 4.79 Å². The van der Waals surface area contributed by atoms with Gasteiger partial charge in [0.2, 0.25) is 5.91 Å². The van der Waals surface area contributed by atoms with Crippen molar-refractivity contribution >= 4 is 29.3 Å². The molecule has 1 amide bonds. The van der Waals surface area contributed by atoms with Crippen LogP contribution < -0.4 is 11.1 Å². The molecule has 0 aliphatic carbocycles. The molecule has 0 saturated heterocycles. The van der Waals surface area contributed by atoms with E-state index in [-0.39, 0.29) is 11.2 Å². The van der Waals surface area contributed by atoms with Gasteiger partial charge in [0.1, 0.15) is 0 Å². The predicted molar refractivity (Wildman–Crippen MR) is 78.0 cm³/mol. The summed E-state index contributed by atoms with van der Waals surface area (Å²) in [6, 6.07) is 7.69. The number of nitrogens with one attached hydrogen (secondary N) is 1. The number of hydrogen-bond acceptors (Lipinski definition) is 3. The molecule has 0 aliphatic heterocycles. The molecule has 1 aromatic carbocycles. The molecule has 3 N–H and O–H groups in total. The summed E-state index contributed by atoms with van der Waals surface area (Å²) in [6.45, 7) is 3.88. The average Bonchev–Trinajstić information content (AvgIpc) is 2.31. The van der Waals surface area contributed by atoms with Crippen LogP contribution in [0, 0.1) is 0 Å². The van der Waals surface area contributed by atoms with Gasteiger partial charge >= 0.3 is 0 Å². The van der Waals surface area contributed by atoms with Crippen LogP contribution in [0.3, 0.4) is 0 Å². The number of rotatable bonds is 6. The van der Waals surface area contributed by atoms with Gasteiger partial charge in [-0.05, 0) is 32.5 Å². The van der Waals surface area contributed by atoms with Gasteiger partial charge in [-0.3, -0.25) is 4.79 Å². The van der Waals surface area contributed by atoms with Crippen LogP contribution in [0.4, 0.5) is 0 Å². The summed E-state index contributed by atoms with van der Waals surface area (Å²) in [6.07, 6.45) is 0.648. The summed E-state index contributed by atoms with van der Waals surface area (Å²) in [5.74, 6) is -0.336. The van der Waals surface area contributed by atoms with Crippen molar-refractivity contribution in [2.45, 2.75) is 36.0 Å². The van der Waals surface area contributed by atoms with Crippen LogP contribution in [-0.2, 0) is 4.79 Å². The fourth-order valence-electron chi connectivity index (χ4n) is 1.70. The Kier molecular flexibility index (Phi) is 5.50. The molecule has 3 nitrogen and oxygen atoms in total. The molecule has 5 heteroatoms. The quantitative estimate of drug-likeness (QED) is 0.791. The highest BCUT2D eigenvalue weighted by atomic mass is 35.5. The minimum absolute atomic E-state index is 0.231. The van der Waals surface area contributed by atoms with Gasteiger partial charge in [0.15, 0.2) is 0 Å². The maximum absolute atomic E-state index is 11.4. The Labute approximate surface area is 117 Å². The van der Waals surface area contributed by atoms with E-state index in [4.69, 9.17) is 17.3 Å². The van der Waals surface area contributed by atoms with Crippen molar-refractivity contribution in [1.29, 1.82) is 0 Å². The normalized spacial score (nSPS) is 16.0. The number of amides is 1. The summed E-state index contributed by atoms with van der Waals surface area (Å²) >= 11 is 7.76. The smallest absolute Gasteiger partial charge is 0.237 e. The Hall–Kier alpha value is -0.710. The molecule has 1 aromatic rings. The van der Waals surface area contributed by atoms with E-state index in [1.165, 1.54) is 0 Å². The first-order chi connectivity index (χ1) is 8.39. The number of thioether (sulfide) groups is 1. The first kappa shape index (κ1) is 15.3. The molecule has 100 valence electrons. The number of primary amides is 1. The standard InChI is InChI=1S/C13H19ClN2OS/c1-9(8-13(2,16-3)12(15)17)18-11-7-5-4-6-10(11)14/h4-7,9,16H,8H2,1-3H3,(H2,15,17). The number of halogens is 1. The third-order valence-electron chi connectivity index (χ3n) is 2.96. The van der Waals surface area contributed by atoms with Gasteiger partial charge in [0.05, 0.1) is 10.6 Å².